The van der Waals surface area contributed by atoms with Gasteiger partial charge in [-0.25, -0.2) is 4.68 Å². The third-order valence-electron chi connectivity index (χ3n) is 5.25. The lowest BCUT2D eigenvalue weighted by Gasteiger charge is -2.37. The number of morpholine rings is 1. The van der Waals surface area contributed by atoms with Crippen LogP contribution >= 0.6 is 0 Å². The number of hydrogen-bond donors (Lipinski definition) is 2. The molecular formula is C22H34N6O. The van der Waals surface area contributed by atoms with Crippen molar-refractivity contribution in [3.8, 4) is 5.69 Å². The molecule has 0 saturated carbocycles. The molecule has 2 atom stereocenters. The topological polar surface area (TPSA) is 66.7 Å². The van der Waals surface area contributed by atoms with E-state index < -0.39 is 0 Å². The van der Waals surface area contributed by atoms with Crippen LogP contribution in [0.2, 0.25) is 0 Å². The van der Waals surface area contributed by atoms with Gasteiger partial charge in [-0.05, 0) is 51.0 Å². The minimum atomic E-state index is 0.402. The van der Waals surface area contributed by atoms with Crippen molar-refractivity contribution in [2.75, 3.05) is 39.4 Å². The van der Waals surface area contributed by atoms with E-state index in [1.54, 1.807) is 6.20 Å². The monoisotopic (exact) mass is 398 g/mol. The molecule has 1 aliphatic rings. The normalized spacial score (nSPS) is 19.1. The maximum Gasteiger partial charge on any atom is 0.191 e. The predicted molar refractivity (Wildman–Crippen MR) is 118 cm³/mol. The number of aliphatic imine (C=N–C) groups is 1. The molecule has 2 N–H and O–H groups in total. The summed E-state index contributed by atoms with van der Waals surface area (Å²) in [4.78, 5) is 7.29. The summed E-state index contributed by atoms with van der Waals surface area (Å²) < 4.78 is 7.41. The highest BCUT2D eigenvalue weighted by molar-refractivity contribution is 5.79. The summed E-state index contributed by atoms with van der Waals surface area (Å²) in [6, 6.07) is 11.3. The minimum absolute atomic E-state index is 0.402. The third kappa shape index (κ3) is 6.30. The van der Waals surface area contributed by atoms with Gasteiger partial charge >= 0.3 is 0 Å². The summed E-state index contributed by atoms with van der Waals surface area (Å²) in [7, 11) is 0. The Bertz CT molecular complexity index is 743. The molecule has 1 aromatic heterocycles. The molecule has 1 aromatic carbocycles. The van der Waals surface area contributed by atoms with Crippen molar-refractivity contribution in [1.29, 1.82) is 0 Å². The molecule has 1 aliphatic heterocycles. The molecule has 2 unspecified atom stereocenters. The van der Waals surface area contributed by atoms with E-state index in [1.807, 2.05) is 16.9 Å². The summed E-state index contributed by atoms with van der Waals surface area (Å²) in [5.74, 6) is 0.883. The Morgan fingerprint density at radius 1 is 1.31 bits per heavy atom. The Balaban J connectivity index is 1.47. The lowest BCUT2D eigenvalue weighted by Crippen LogP contribution is -2.49. The van der Waals surface area contributed by atoms with Gasteiger partial charge in [0, 0.05) is 44.1 Å². The number of ether oxygens (including phenoxy) is 1. The highest BCUT2D eigenvalue weighted by Gasteiger charge is 2.23. The molecule has 1 fully saturated rings. The van der Waals surface area contributed by atoms with Crippen LogP contribution in [0.4, 0.5) is 0 Å². The van der Waals surface area contributed by atoms with E-state index in [-0.39, 0.29) is 0 Å². The van der Waals surface area contributed by atoms with E-state index in [1.165, 1.54) is 5.56 Å². The standard InChI is InChI=1S/C22H34N6O/c1-4-23-22(25-16-18(2)27-14-15-29-17-19(27)3)24-12-10-20-6-8-21(9-7-20)28-13-5-11-26-28/h5-9,11,13,18-19H,4,10,12,14-17H2,1-3H3,(H2,23,24,25). The van der Waals surface area contributed by atoms with Gasteiger partial charge in [-0.15, -0.1) is 0 Å². The number of aromatic nitrogens is 2. The van der Waals surface area contributed by atoms with Gasteiger partial charge in [-0.3, -0.25) is 9.89 Å². The van der Waals surface area contributed by atoms with E-state index in [2.05, 4.69) is 65.7 Å². The minimum Gasteiger partial charge on any atom is -0.379 e. The smallest absolute Gasteiger partial charge is 0.191 e. The maximum absolute atomic E-state index is 5.54. The van der Waals surface area contributed by atoms with Gasteiger partial charge < -0.3 is 15.4 Å². The van der Waals surface area contributed by atoms with Crippen molar-refractivity contribution >= 4 is 5.96 Å². The first kappa shape index (κ1) is 21.3. The molecule has 158 valence electrons. The second-order valence-electron chi connectivity index (χ2n) is 7.52. The maximum atomic E-state index is 5.54. The molecule has 2 aromatic rings. The van der Waals surface area contributed by atoms with Crippen LogP contribution in [0.15, 0.2) is 47.7 Å². The van der Waals surface area contributed by atoms with E-state index in [4.69, 9.17) is 9.73 Å². The van der Waals surface area contributed by atoms with Crippen LogP contribution in [0.5, 0.6) is 0 Å². The van der Waals surface area contributed by atoms with Crippen LogP contribution in [-0.4, -0.2) is 72.1 Å². The predicted octanol–water partition coefficient (Wildman–Crippen LogP) is 2.08. The van der Waals surface area contributed by atoms with Gasteiger partial charge in [0.05, 0.1) is 25.4 Å². The van der Waals surface area contributed by atoms with Gasteiger partial charge in [0.1, 0.15) is 0 Å². The second kappa shape index (κ2) is 11.0. The Hall–Kier alpha value is -2.38. The molecule has 0 spiro atoms. The van der Waals surface area contributed by atoms with Crippen molar-refractivity contribution in [2.45, 2.75) is 39.3 Å². The van der Waals surface area contributed by atoms with E-state index >= 15 is 0 Å². The number of hydrogen-bond acceptors (Lipinski definition) is 4. The number of guanidine groups is 1. The Kier molecular flexibility index (Phi) is 8.07. The number of benzene rings is 1. The van der Waals surface area contributed by atoms with Crippen LogP contribution in [-0.2, 0) is 11.2 Å². The number of rotatable bonds is 8. The second-order valence-corrected chi connectivity index (χ2v) is 7.52. The molecule has 0 amide bonds. The highest BCUT2D eigenvalue weighted by Crippen LogP contribution is 2.11. The quantitative estimate of drug-likeness (QED) is 0.526. The van der Waals surface area contributed by atoms with Gasteiger partial charge in [0.25, 0.3) is 0 Å². The van der Waals surface area contributed by atoms with E-state index in [9.17, 15) is 0 Å². The van der Waals surface area contributed by atoms with Gasteiger partial charge in [0.15, 0.2) is 5.96 Å². The van der Waals surface area contributed by atoms with Crippen molar-refractivity contribution in [3.63, 3.8) is 0 Å². The summed E-state index contributed by atoms with van der Waals surface area (Å²) in [5, 5.41) is 11.1. The zero-order chi connectivity index (χ0) is 20.5. The summed E-state index contributed by atoms with van der Waals surface area (Å²) in [6.07, 6.45) is 4.69. The van der Waals surface area contributed by atoms with Gasteiger partial charge in [-0.2, -0.15) is 5.10 Å². The Morgan fingerprint density at radius 2 is 2.14 bits per heavy atom. The van der Waals surface area contributed by atoms with Crippen molar-refractivity contribution in [2.24, 2.45) is 4.99 Å². The van der Waals surface area contributed by atoms with Gasteiger partial charge in [0.2, 0.25) is 0 Å². The van der Waals surface area contributed by atoms with E-state index in [0.29, 0.717) is 12.1 Å². The molecule has 0 bridgehead atoms. The SMILES string of the molecule is CCNC(=NCC(C)N1CCOCC1C)NCCc1ccc(-n2cccn2)cc1. The molecular weight excluding hydrogens is 364 g/mol. The van der Waals surface area contributed by atoms with Crippen LogP contribution < -0.4 is 10.6 Å². The lowest BCUT2D eigenvalue weighted by molar-refractivity contribution is -0.0165. The fourth-order valence-electron chi connectivity index (χ4n) is 3.63. The van der Waals surface area contributed by atoms with Crippen LogP contribution in [0.25, 0.3) is 5.69 Å². The first-order valence-corrected chi connectivity index (χ1v) is 10.6. The Labute approximate surface area is 174 Å². The fraction of sp³-hybridized carbons (Fsp3) is 0.545. The third-order valence-corrected chi connectivity index (χ3v) is 5.25. The van der Waals surface area contributed by atoms with Crippen molar-refractivity contribution in [1.82, 2.24) is 25.3 Å². The largest absolute Gasteiger partial charge is 0.379 e. The molecule has 29 heavy (non-hydrogen) atoms. The molecule has 3 rings (SSSR count). The number of nitrogens with one attached hydrogen (secondary N) is 2. The summed E-state index contributed by atoms with van der Waals surface area (Å²) in [6.45, 7) is 11.6. The summed E-state index contributed by atoms with van der Waals surface area (Å²) >= 11 is 0. The zero-order valence-electron chi connectivity index (χ0n) is 17.8. The molecule has 0 aliphatic carbocycles. The molecule has 7 heteroatoms. The molecule has 1 saturated heterocycles. The van der Waals surface area contributed by atoms with Crippen molar-refractivity contribution in [3.05, 3.63) is 48.3 Å². The average Bonchev–Trinajstić information content (AvgIpc) is 3.27. The van der Waals surface area contributed by atoms with Crippen molar-refractivity contribution < 1.29 is 4.74 Å². The first-order valence-electron chi connectivity index (χ1n) is 10.6. The first-order chi connectivity index (χ1) is 14.2. The van der Waals surface area contributed by atoms with E-state index in [0.717, 1.165) is 57.5 Å². The molecule has 0 radical (unpaired) electrons. The summed E-state index contributed by atoms with van der Waals surface area (Å²) in [5.41, 5.74) is 2.37. The number of nitrogens with zero attached hydrogens (tertiary/aromatic N) is 4. The van der Waals surface area contributed by atoms with Crippen LogP contribution in [0.3, 0.4) is 0 Å². The lowest BCUT2D eigenvalue weighted by atomic mass is 10.1. The highest BCUT2D eigenvalue weighted by atomic mass is 16.5. The fourth-order valence-corrected chi connectivity index (χ4v) is 3.63. The average molecular weight is 399 g/mol. The van der Waals surface area contributed by atoms with Gasteiger partial charge in [-0.1, -0.05) is 12.1 Å². The Morgan fingerprint density at radius 3 is 2.83 bits per heavy atom. The molecule has 2 heterocycles. The van der Waals surface area contributed by atoms with Crippen LogP contribution in [0.1, 0.15) is 26.3 Å². The van der Waals surface area contributed by atoms with Crippen LogP contribution in [0, 0.1) is 0 Å². The molecule has 7 nitrogen and oxygen atoms in total. The zero-order valence-corrected chi connectivity index (χ0v) is 17.8.